The van der Waals surface area contributed by atoms with E-state index in [9.17, 15) is 9.90 Å². The van der Waals surface area contributed by atoms with Gasteiger partial charge in [0.1, 0.15) is 0 Å². The van der Waals surface area contributed by atoms with E-state index in [4.69, 9.17) is 0 Å². The molecule has 0 bridgehead atoms. The van der Waals surface area contributed by atoms with E-state index in [1.807, 2.05) is 12.3 Å². The number of piperidine rings is 1. The Hall–Kier alpha value is -1.36. The van der Waals surface area contributed by atoms with Gasteiger partial charge in [0, 0.05) is 38.4 Å². The number of amides is 1. The SMILES string of the molecule is O=C(CCn1cccn1)N1CCCC(O)C1. The van der Waals surface area contributed by atoms with Crippen molar-refractivity contribution in [3.05, 3.63) is 18.5 Å². The average Bonchev–Trinajstić information content (AvgIpc) is 2.78. The van der Waals surface area contributed by atoms with E-state index in [2.05, 4.69) is 5.10 Å². The number of carbonyl (C=O) groups is 1. The lowest BCUT2D eigenvalue weighted by molar-refractivity contribution is -0.134. The Balaban J connectivity index is 1.79. The molecule has 2 heterocycles. The minimum atomic E-state index is -0.345. The summed E-state index contributed by atoms with van der Waals surface area (Å²) < 4.78 is 1.75. The van der Waals surface area contributed by atoms with E-state index in [-0.39, 0.29) is 12.0 Å². The van der Waals surface area contributed by atoms with Gasteiger partial charge >= 0.3 is 0 Å². The Morgan fingerprint density at radius 3 is 3.12 bits per heavy atom. The lowest BCUT2D eigenvalue weighted by Gasteiger charge is -2.30. The zero-order valence-corrected chi connectivity index (χ0v) is 9.25. The minimum absolute atomic E-state index is 0.106. The van der Waals surface area contributed by atoms with Crippen LogP contribution in [0.25, 0.3) is 0 Å². The Kier molecular flexibility index (Phi) is 3.56. The maximum Gasteiger partial charge on any atom is 0.224 e. The third-order valence-corrected chi connectivity index (χ3v) is 2.86. The smallest absolute Gasteiger partial charge is 0.224 e. The van der Waals surface area contributed by atoms with E-state index in [0.717, 1.165) is 19.4 Å². The normalized spacial score (nSPS) is 21.1. The van der Waals surface area contributed by atoms with Gasteiger partial charge < -0.3 is 10.0 Å². The maximum atomic E-state index is 11.8. The van der Waals surface area contributed by atoms with Crippen molar-refractivity contribution in [2.45, 2.75) is 31.9 Å². The monoisotopic (exact) mass is 223 g/mol. The molecule has 0 radical (unpaired) electrons. The average molecular weight is 223 g/mol. The molecule has 16 heavy (non-hydrogen) atoms. The van der Waals surface area contributed by atoms with Gasteiger partial charge in [-0.15, -0.1) is 0 Å². The van der Waals surface area contributed by atoms with E-state index in [0.29, 0.717) is 19.5 Å². The summed E-state index contributed by atoms with van der Waals surface area (Å²) in [5.74, 6) is 0.106. The molecule has 2 rings (SSSR count). The van der Waals surface area contributed by atoms with Gasteiger partial charge in [0.2, 0.25) is 5.91 Å². The van der Waals surface area contributed by atoms with Crippen LogP contribution in [0.3, 0.4) is 0 Å². The number of nitrogens with zero attached hydrogens (tertiary/aromatic N) is 3. The van der Waals surface area contributed by atoms with Gasteiger partial charge in [0.05, 0.1) is 6.10 Å². The minimum Gasteiger partial charge on any atom is -0.391 e. The lowest BCUT2D eigenvalue weighted by Crippen LogP contribution is -2.42. The van der Waals surface area contributed by atoms with Crippen molar-refractivity contribution in [2.75, 3.05) is 13.1 Å². The van der Waals surface area contributed by atoms with Gasteiger partial charge in [-0.1, -0.05) is 0 Å². The fourth-order valence-electron chi connectivity index (χ4n) is 1.98. The Morgan fingerprint density at radius 2 is 2.44 bits per heavy atom. The number of carbonyl (C=O) groups excluding carboxylic acids is 1. The zero-order valence-electron chi connectivity index (χ0n) is 9.25. The van der Waals surface area contributed by atoms with Gasteiger partial charge in [-0.05, 0) is 18.9 Å². The summed E-state index contributed by atoms with van der Waals surface area (Å²) >= 11 is 0. The van der Waals surface area contributed by atoms with Crippen LogP contribution in [-0.2, 0) is 11.3 Å². The van der Waals surface area contributed by atoms with Gasteiger partial charge in [0.25, 0.3) is 0 Å². The number of β-amino-alcohol motifs (C(OH)–C–C–N with tert-alkyl or cyclic N) is 1. The largest absolute Gasteiger partial charge is 0.391 e. The summed E-state index contributed by atoms with van der Waals surface area (Å²) in [5, 5.41) is 13.5. The number of hydrogen-bond acceptors (Lipinski definition) is 3. The molecule has 1 saturated heterocycles. The van der Waals surface area contributed by atoms with Crippen molar-refractivity contribution in [1.82, 2.24) is 14.7 Å². The topological polar surface area (TPSA) is 58.4 Å². The molecule has 0 aromatic carbocycles. The highest BCUT2D eigenvalue weighted by Gasteiger charge is 2.21. The number of aliphatic hydroxyl groups excluding tert-OH is 1. The van der Waals surface area contributed by atoms with Gasteiger partial charge in [-0.2, -0.15) is 5.10 Å². The number of aryl methyl sites for hydroxylation is 1. The molecule has 0 spiro atoms. The first kappa shape index (κ1) is 11.1. The molecule has 1 unspecified atom stereocenters. The first-order valence-electron chi connectivity index (χ1n) is 5.69. The Labute approximate surface area is 94.7 Å². The maximum absolute atomic E-state index is 11.8. The highest BCUT2D eigenvalue weighted by atomic mass is 16.3. The fourth-order valence-corrected chi connectivity index (χ4v) is 1.98. The third-order valence-electron chi connectivity index (χ3n) is 2.86. The summed E-state index contributed by atoms with van der Waals surface area (Å²) in [6.07, 6.45) is 5.36. The molecular weight excluding hydrogens is 206 g/mol. The van der Waals surface area contributed by atoms with Crippen molar-refractivity contribution in [1.29, 1.82) is 0 Å². The van der Waals surface area contributed by atoms with E-state index >= 15 is 0 Å². The van der Waals surface area contributed by atoms with Crippen LogP contribution in [0.15, 0.2) is 18.5 Å². The van der Waals surface area contributed by atoms with Crippen molar-refractivity contribution in [3.63, 3.8) is 0 Å². The molecule has 1 aromatic rings. The second-order valence-corrected chi connectivity index (χ2v) is 4.15. The van der Waals surface area contributed by atoms with E-state index < -0.39 is 0 Å². The number of aliphatic hydroxyl groups is 1. The van der Waals surface area contributed by atoms with Crippen LogP contribution in [0.2, 0.25) is 0 Å². The molecule has 1 aromatic heterocycles. The van der Waals surface area contributed by atoms with Crippen molar-refractivity contribution >= 4 is 5.91 Å². The molecule has 0 saturated carbocycles. The summed E-state index contributed by atoms with van der Waals surface area (Å²) in [5.41, 5.74) is 0. The van der Waals surface area contributed by atoms with Gasteiger partial charge in [-0.3, -0.25) is 9.48 Å². The van der Waals surface area contributed by atoms with Crippen molar-refractivity contribution in [3.8, 4) is 0 Å². The van der Waals surface area contributed by atoms with Crippen molar-refractivity contribution < 1.29 is 9.90 Å². The van der Waals surface area contributed by atoms with Crippen molar-refractivity contribution in [2.24, 2.45) is 0 Å². The predicted octanol–water partition coefficient (Wildman–Crippen LogP) is 0.257. The number of aromatic nitrogens is 2. The fraction of sp³-hybridized carbons (Fsp3) is 0.636. The van der Waals surface area contributed by atoms with Crippen LogP contribution < -0.4 is 0 Å². The molecule has 1 amide bonds. The number of hydrogen-bond donors (Lipinski definition) is 1. The lowest BCUT2D eigenvalue weighted by atomic mass is 10.1. The highest BCUT2D eigenvalue weighted by Crippen LogP contribution is 2.11. The number of rotatable bonds is 3. The van der Waals surface area contributed by atoms with Crippen LogP contribution >= 0.6 is 0 Å². The molecule has 1 N–H and O–H groups in total. The summed E-state index contributed by atoms with van der Waals surface area (Å²) in [6, 6.07) is 1.84. The first-order valence-corrected chi connectivity index (χ1v) is 5.69. The summed E-state index contributed by atoms with van der Waals surface area (Å²) in [6.45, 7) is 1.87. The summed E-state index contributed by atoms with van der Waals surface area (Å²) in [4.78, 5) is 13.6. The first-order chi connectivity index (χ1) is 7.75. The molecule has 5 nitrogen and oxygen atoms in total. The van der Waals surface area contributed by atoms with Crippen LogP contribution in [0.1, 0.15) is 19.3 Å². The molecule has 88 valence electrons. The van der Waals surface area contributed by atoms with Crippen LogP contribution in [0.4, 0.5) is 0 Å². The molecule has 5 heteroatoms. The Bertz CT molecular complexity index is 337. The van der Waals surface area contributed by atoms with Gasteiger partial charge in [0.15, 0.2) is 0 Å². The van der Waals surface area contributed by atoms with Crippen LogP contribution in [-0.4, -0.2) is 44.9 Å². The number of likely N-dealkylation sites (tertiary alicyclic amines) is 1. The second kappa shape index (κ2) is 5.12. The van der Waals surface area contributed by atoms with E-state index in [1.165, 1.54) is 0 Å². The quantitative estimate of drug-likeness (QED) is 0.799. The highest BCUT2D eigenvalue weighted by molar-refractivity contribution is 5.76. The molecule has 0 aliphatic carbocycles. The molecule has 1 aliphatic rings. The molecule has 1 fully saturated rings. The molecule has 1 atom stereocenters. The van der Waals surface area contributed by atoms with Crippen LogP contribution in [0.5, 0.6) is 0 Å². The second-order valence-electron chi connectivity index (χ2n) is 4.15. The zero-order chi connectivity index (χ0) is 11.4. The van der Waals surface area contributed by atoms with Crippen LogP contribution in [0, 0.1) is 0 Å². The Morgan fingerprint density at radius 1 is 1.56 bits per heavy atom. The van der Waals surface area contributed by atoms with Gasteiger partial charge in [-0.25, -0.2) is 0 Å². The molecular formula is C11H17N3O2. The van der Waals surface area contributed by atoms with E-state index in [1.54, 1.807) is 15.8 Å². The molecule has 1 aliphatic heterocycles. The predicted molar refractivity (Wildman–Crippen MR) is 58.7 cm³/mol. The standard InChI is InChI=1S/C11H17N3O2/c15-10-3-1-6-13(9-10)11(16)4-8-14-7-2-5-12-14/h2,5,7,10,15H,1,3-4,6,8-9H2. The third kappa shape index (κ3) is 2.82. The summed E-state index contributed by atoms with van der Waals surface area (Å²) in [7, 11) is 0.